The maximum Gasteiger partial charge on any atom is 0.308 e. The lowest BCUT2D eigenvalue weighted by Gasteiger charge is -2.04. The maximum absolute atomic E-state index is 10.8. The fourth-order valence-corrected chi connectivity index (χ4v) is 1.05. The first-order valence-corrected chi connectivity index (χ1v) is 4.86. The molecule has 16 heavy (non-hydrogen) atoms. The van der Waals surface area contributed by atoms with Gasteiger partial charge in [-0.1, -0.05) is 12.1 Å². The topological polar surface area (TPSA) is 76.7 Å². The van der Waals surface area contributed by atoms with Gasteiger partial charge in [0.05, 0.1) is 6.21 Å². The van der Waals surface area contributed by atoms with E-state index in [4.69, 9.17) is 10.5 Å². The summed E-state index contributed by atoms with van der Waals surface area (Å²) in [7, 11) is 0. The number of rotatable bonds is 3. The second kappa shape index (κ2) is 5.82. The average molecular weight is 237 g/mol. The van der Waals surface area contributed by atoms with Crippen LogP contribution >= 0.6 is 12.2 Å². The van der Waals surface area contributed by atoms with Crippen LogP contribution in [0.25, 0.3) is 0 Å². The Kier molecular flexibility index (Phi) is 4.41. The number of carbonyl (C=O) groups excluding carboxylic acids is 1. The molecule has 0 aliphatic heterocycles. The van der Waals surface area contributed by atoms with Crippen molar-refractivity contribution in [3.8, 4) is 5.75 Å². The van der Waals surface area contributed by atoms with Crippen LogP contribution in [0.3, 0.4) is 0 Å². The van der Waals surface area contributed by atoms with Crippen molar-refractivity contribution in [1.82, 2.24) is 5.43 Å². The van der Waals surface area contributed by atoms with Crippen molar-refractivity contribution in [3.63, 3.8) is 0 Å². The molecule has 0 bridgehead atoms. The quantitative estimate of drug-likeness (QED) is 0.267. The first kappa shape index (κ1) is 12.1. The van der Waals surface area contributed by atoms with E-state index in [1.807, 2.05) is 0 Å². The number of nitrogens with one attached hydrogen (secondary N) is 1. The number of esters is 1. The van der Waals surface area contributed by atoms with Gasteiger partial charge in [0.2, 0.25) is 0 Å². The standard InChI is InChI=1S/C10H11N3O2S/c1-7(14)15-9-5-3-2-4-8(9)6-12-13-10(11)16/h2-6H,1H3,(H3,11,13,16). The summed E-state index contributed by atoms with van der Waals surface area (Å²) >= 11 is 4.58. The van der Waals surface area contributed by atoms with Crippen LogP contribution in [-0.4, -0.2) is 17.3 Å². The van der Waals surface area contributed by atoms with Gasteiger partial charge in [-0.2, -0.15) is 5.10 Å². The first-order chi connectivity index (χ1) is 7.59. The Morgan fingerprint density at radius 2 is 2.25 bits per heavy atom. The lowest BCUT2D eigenvalue weighted by atomic mass is 10.2. The smallest absolute Gasteiger partial charge is 0.308 e. The van der Waals surface area contributed by atoms with Gasteiger partial charge in [-0.05, 0) is 24.4 Å². The molecule has 1 rings (SSSR count). The Hall–Kier alpha value is -1.95. The van der Waals surface area contributed by atoms with E-state index in [0.717, 1.165) is 0 Å². The largest absolute Gasteiger partial charge is 0.426 e. The molecular formula is C10H11N3O2S. The lowest BCUT2D eigenvalue weighted by molar-refractivity contribution is -0.131. The Balaban J connectivity index is 2.82. The van der Waals surface area contributed by atoms with Crippen LogP contribution in [0.1, 0.15) is 12.5 Å². The van der Waals surface area contributed by atoms with Crippen molar-refractivity contribution in [2.75, 3.05) is 0 Å². The number of para-hydroxylation sites is 1. The van der Waals surface area contributed by atoms with Gasteiger partial charge in [0, 0.05) is 12.5 Å². The van der Waals surface area contributed by atoms with Crippen molar-refractivity contribution >= 4 is 29.5 Å². The van der Waals surface area contributed by atoms with Crippen LogP contribution in [0.5, 0.6) is 5.75 Å². The highest BCUT2D eigenvalue weighted by atomic mass is 32.1. The molecule has 0 heterocycles. The summed E-state index contributed by atoms with van der Waals surface area (Å²) in [6, 6.07) is 6.98. The Morgan fingerprint density at radius 3 is 2.88 bits per heavy atom. The fraction of sp³-hybridized carbons (Fsp3) is 0.100. The first-order valence-electron chi connectivity index (χ1n) is 4.45. The number of ether oxygens (including phenoxy) is 1. The van der Waals surface area contributed by atoms with Crippen LogP contribution < -0.4 is 15.9 Å². The summed E-state index contributed by atoms with van der Waals surface area (Å²) in [4.78, 5) is 10.8. The van der Waals surface area contributed by atoms with Crippen molar-refractivity contribution in [3.05, 3.63) is 29.8 Å². The molecule has 1 aromatic carbocycles. The molecule has 0 saturated carbocycles. The molecule has 3 N–H and O–H groups in total. The predicted octanol–water partition coefficient (Wildman–Crippen LogP) is 0.779. The van der Waals surface area contributed by atoms with Gasteiger partial charge in [-0.25, -0.2) is 0 Å². The fourth-order valence-electron chi connectivity index (χ4n) is 1.00. The molecule has 0 radical (unpaired) electrons. The van der Waals surface area contributed by atoms with E-state index in [0.29, 0.717) is 11.3 Å². The molecule has 1 aromatic rings. The van der Waals surface area contributed by atoms with Crippen LogP contribution in [0, 0.1) is 0 Å². The third kappa shape index (κ3) is 4.05. The third-order valence-corrected chi connectivity index (χ3v) is 1.64. The summed E-state index contributed by atoms with van der Waals surface area (Å²) < 4.78 is 4.98. The number of nitrogens with two attached hydrogens (primary N) is 1. The highest BCUT2D eigenvalue weighted by molar-refractivity contribution is 7.80. The van der Waals surface area contributed by atoms with E-state index < -0.39 is 0 Å². The summed E-state index contributed by atoms with van der Waals surface area (Å²) in [5.41, 5.74) is 8.26. The van der Waals surface area contributed by atoms with Crippen molar-refractivity contribution in [2.45, 2.75) is 6.92 Å². The second-order valence-electron chi connectivity index (χ2n) is 2.87. The highest BCUT2D eigenvalue weighted by Crippen LogP contribution is 2.15. The molecule has 0 aromatic heterocycles. The molecule has 84 valence electrons. The number of benzene rings is 1. The van der Waals surface area contributed by atoms with E-state index in [9.17, 15) is 4.79 Å². The summed E-state index contributed by atoms with van der Waals surface area (Å²) in [6.07, 6.45) is 1.47. The minimum Gasteiger partial charge on any atom is -0.426 e. The zero-order valence-electron chi connectivity index (χ0n) is 8.64. The molecular weight excluding hydrogens is 226 g/mol. The minimum absolute atomic E-state index is 0.0706. The molecule has 0 unspecified atom stereocenters. The predicted molar refractivity (Wildman–Crippen MR) is 65.3 cm³/mol. The van der Waals surface area contributed by atoms with E-state index in [2.05, 4.69) is 22.7 Å². The van der Waals surface area contributed by atoms with Crippen LogP contribution in [0.4, 0.5) is 0 Å². The average Bonchev–Trinajstić information content (AvgIpc) is 2.19. The van der Waals surface area contributed by atoms with Gasteiger partial charge >= 0.3 is 5.97 Å². The normalized spacial score (nSPS) is 10.1. The number of thiocarbonyl (C=S) groups is 1. The van der Waals surface area contributed by atoms with Crippen molar-refractivity contribution in [2.24, 2.45) is 10.8 Å². The highest BCUT2D eigenvalue weighted by Gasteiger charge is 2.02. The number of nitrogens with zero attached hydrogens (tertiary/aromatic N) is 1. The summed E-state index contributed by atoms with van der Waals surface area (Å²) in [5, 5.41) is 3.85. The number of hydrogen-bond donors (Lipinski definition) is 2. The molecule has 5 nitrogen and oxygen atoms in total. The monoisotopic (exact) mass is 237 g/mol. The van der Waals surface area contributed by atoms with Crippen LogP contribution in [0.2, 0.25) is 0 Å². The molecule has 0 spiro atoms. The lowest BCUT2D eigenvalue weighted by Crippen LogP contribution is -2.24. The molecule has 0 atom stereocenters. The van der Waals surface area contributed by atoms with Gasteiger partial charge < -0.3 is 10.5 Å². The zero-order chi connectivity index (χ0) is 12.0. The molecule has 0 amide bonds. The van der Waals surface area contributed by atoms with Gasteiger partial charge in [0.25, 0.3) is 0 Å². The number of carbonyl (C=O) groups is 1. The second-order valence-corrected chi connectivity index (χ2v) is 3.31. The van der Waals surface area contributed by atoms with E-state index in [1.165, 1.54) is 13.1 Å². The third-order valence-electron chi connectivity index (χ3n) is 1.55. The van der Waals surface area contributed by atoms with Gasteiger partial charge in [0.1, 0.15) is 5.75 Å². The molecule has 0 aliphatic carbocycles. The Bertz CT molecular complexity index is 432. The van der Waals surface area contributed by atoms with Gasteiger partial charge in [-0.3, -0.25) is 10.2 Å². The van der Waals surface area contributed by atoms with E-state index in [1.54, 1.807) is 24.3 Å². The van der Waals surface area contributed by atoms with E-state index in [-0.39, 0.29) is 11.1 Å². The molecule has 0 fully saturated rings. The molecule has 0 saturated heterocycles. The molecule has 0 aliphatic rings. The Labute approximate surface area is 98.3 Å². The van der Waals surface area contributed by atoms with Crippen molar-refractivity contribution < 1.29 is 9.53 Å². The number of hydrazone groups is 1. The van der Waals surface area contributed by atoms with E-state index >= 15 is 0 Å². The van der Waals surface area contributed by atoms with Crippen LogP contribution in [0.15, 0.2) is 29.4 Å². The van der Waals surface area contributed by atoms with Crippen molar-refractivity contribution in [1.29, 1.82) is 0 Å². The molecule has 6 heteroatoms. The summed E-state index contributed by atoms with van der Waals surface area (Å²) in [5.74, 6) is 0.0478. The number of hydrogen-bond acceptors (Lipinski definition) is 4. The van der Waals surface area contributed by atoms with Gasteiger partial charge in [-0.15, -0.1) is 0 Å². The SMILES string of the molecule is CC(=O)Oc1ccccc1C=NNC(N)=S. The summed E-state index contributed by atoms with van der Waals surface area (Å²) in [6.45, 7) is 1.33. The maximum atomic E-state index is 10.8. The van der Waals surface area contributed by atoms with Gasteiger partial charge in [0.15, 0.2) is 5.11 Å². The zero-order valence-corrected chi connectivity index (χ0v) is 9.45. The Morgan fingerprint density at radius 1 is 1.56 bits per heavy atom. The van der Waals surface area contributed by atoms with Crippen LogP contribution in [-0.2, 0) is 4.79 Å². The minimum atomic E-state index is -0.386.